The Morgan fingerprint density at radius 3 is 1.62 bits per heavy atom. The van der Waals surface area contributed by atoms with Gasteiger partial charge in [-0.1, -0.05) is 109 Å². The van der Waals surface area contributed by atoms with Gasteiger partial charge < -0.3 is 62.7 Å². The molecule has 0 saturated carbocycles. The molecule has 0 spiro atoms. The number of aromatic amines is 1. The average molecular weight is 1170 g/mol. The number of amides is 5. The molecule has 5 aromatic rings. The molecule has 14 N–H and O–H groups in total. The first-order valence-electron chi connectivity index (χ1n) is 27.8. The van der Waals surface area contributed by atoms with E-state index in [2.05, 4.69) is 73.0 Å². The quantitative estimate of drug-likeness (QED) is 0.00839. The maximum atomic E-state index is 14.9. The number of nitrogens with one attached hydrogen (secondary N) is 9. The first kappa shape index (κ1) is 64.4. The van der Waals surface area contributed by atoms with Crippen LogP contribution in [0.15, 0.2) is 121 Å². The third kappa shape index (κ3) is 20.6. The summed E-state index contributed by atoms with van der Waals surface area (Å²) in [5.41, 5.74) is 15.1. The van der Waals surface area contributed by atoms with Crippen LogP contribution in [0.5, 0.6) is 0 Å². The number of hydrogen-bond acceptors (Lipinski definition) is 17. The SMILES string of the molecule is [2H]C(=O)[C@H](Cc1ccccc1)NC(=O)C(CS)NNC(Cc1ccccc1)C(=O)N[C@@H](Cc1c[nH]c2ccccc12)C(=O)NC(CCCCN)C(=O)N[C@@H](Cc1ccccc1)C(=O)N[C@H](C(=O)C(=O)[C@H](CS)NCC(CO)C(C)O)[C@@H](C)O. The van der Waals surface area contributed by atoms with Gasteiger partial charge in [0, 0.05) is 60.5 Å². The van der Waals surface area contributed by atoms with Crippen molar-refractivity contribution in [2.75, 3.05) is 31.2 Å². The van der Waals surface area contributed by atoms with Gasteiger partial charge >= 0.3 is 0 Å². The van der Waals surface area contributed by atoms with Gasteiger partial charge in [0.15, 0.2) is 0 Å². The van der Waals surface area contributed by atoms with Gasteiger partial charge in [-0.2, -0.15) is 25.3 Å². The van der Waals surface area contributed by atoms with E-state index in [0.717, 1.165) is 16.5 Å². The van der Waals surface area contributed by atoms with Crippen molar-refractivity contribution in [3.63, 3.8) is 0 Å². The molecule has 0 saturated heterocycles. The van der Waals surface area contributed by atoms with E-state index in [1.807, 2.05) is 24.3 Å². The van der Waals surface area contributed by atoms with Crippen molar-refractivity contribution in [2.45, 2.75) is 119 Å². The van der Waals surface area contributed by atoms with Gasteiger partial charge in [0.2, 0.25) is 41.1 Å². The zero-order chi connectivity index (χ0) is 60.4. The number of H-pyrrole nitrogens is 1. The van der Waals surface area contributed by atoms with E-state index in [4.69, 9.17) is 7.10 Å². The highest BCUT2D eigenvalue weighted by Gasteiger charge is 2.38. The largest absolute Gasteiger partial charge is 0.396 e. The van der Waals surface area contributed by atoms with Crippen molar-refractivity contribution < 1.29 is 55.0 Å². The molecular weight excluding hydrogens is 1090 g/mol. The van der Waals surface area contributed by atoms with Gasteiger partial charge in [-0.15, -0.1) is 0 Å². The van der Waals surface area contributed by atoms with Crippen LogP contribution in [0.4, 0.5) is 0 Å². The number of aromatic nitrogens is 1. The van der Waals surface area contributed by atoms with Crippen LogP contribution in [0, 0.1) is 5.92 Å². The molecule has 5 unspecified atom stereocenters. The smallest absolute Gasteiger partial charge is 0.243 e. The molecule has 442 valence electrons. The zero-order valence-corrected chi connectivity index (χ0v) is 47.8. The molecule has 0 aliphatic carbocycles. The number of ketones is 2. The molecule has 0 aliphatic rings. The van der Waals surface area contributed by atoms with E-state index >= 15 is 0 Å². The molecule has 0 aliphatic heterocycles. The molecule has 0 fully saturated rings. The Morgan fingerprint density at radius 1 is 0.585 bits per heavy atom. The van der Waals surface area contributed by atoms with Crippen LogP contribution in [0.25, 0.3) is 10.9 Å². The number of thiol groups is 2. The summed E-state index contributed by atoms with van der Waals surface area (Å²) in [6, 6.07) is 23.1. The first-order chi connectivity index (χ1) is 39.9. The summed E-state index contributed by atoms with van der Waals surface area (Å²) in [5, 5.41) is 47.7. The number of Topliss-reactive ketones (excluding diaryl/α,β-unsaturated/α-hetero) is 2. The van der Waals surface area contributed by atoms with Crippen LogP contribution >= 0.6 is 25.3 Å². The highest BCUT2D eigenvalue weighted by molar-refractivity contribution is 7.80. The summed E-state index contributed by atoms with van der Waals surface area (Å²) in [4.78, 5) is 115. The lowest BCUT2D eigenvalue weighted by atomic mass is 9.97. The molecule has 1 heterocycles. The fourth-order valence-electron chi connectivity index (χ4n) is 8.97. The second-order valence-electron chi connectivity index (χ2n) is 20.1. The molecule has 0 bridgehead atoms. The number of nitrogens with two attached hydrogens (primary N) is 1. The number of para-hydroxylation sites is 1. The summed E-state index contributed by atoms with van der Waals surface area (Å²) >= 11 is 8.59. The van der Waals surface area contributed by atoms with Gasteiger partial charge in [-0.05, 0) is 80.8 Å². The molecule has 5 amide bonds. The van der Waals surface area contributed by atoms with Crippen LogP contribution < -0.4 is 48.5 Å². The lowest BCUT2D eigenvalue weighted by Crippen LogP contribution is -2.62. The van der Waals surface area contributed by atoms with Crippen molar-refractivity contribution in [1.82, 2.24) is 47.7 Å². The van der Waals surface area contributed by atoms with Gasteiger partial charge in [0.1, 0.15) is 43.9 Å². The molecule has 4 aromatic carbocycles. The van der Waals surface area contributed by atoms with Crippen LogP contribution in [-0.4, -0.2) is 159 Å². The van der Waals surface area contributed by atoms with Crippen molar-refractivity contribution >= 4 is 83.5 Å². The number of aliphatic hydroxyl groups is 3. The Morgan fingerprint density at radius 2 is 1.07 bits per heavy atom. The number of hydrazine groups is 1. The number of carbonyl (C=O) groups excluding carboxylic acids is 8. The van der Waals surface area contributed by atoms with Crippen molar-refractivity contribution in [1.29, 1.82) is 0 Å². The molecular formula is C59H78N10O11S2. The Labute approximate surface area is 490 Å². The second-order valence-corrected chi connectivity index (χ2v) is 20.9. The number of fused-ring (bicyclic) bond motifs is 1. The number of rotatable bonds is 37. The van der Waals surface area contributed by atoms with E-state index in [1.54, 1.807) is 97.2 Å². The van der Waals surface area contributed by atoms with E-state index in [0.29, 0.717) is 29.5 Å². The summed E-state index contributed by atoms with van der Waals surface area (Å²) < 4.78 is 7.86. The normalized spacial score (nSPS) is 15.6. The first-order valence-corrected chi connectivity index (χ1v) is 28.5. The number of unbranched alkanes of at least 4 members (excludes halogenated alkanes) is 1. The van der Waals surface area contributed by atoms with E-state index in [1.165, 1.54) is 13.8 Å². The molecule has 0 radical (unpaired) electrons. The summed E-state index contributed by atoms with van der Waals surface area (Å²) in [5.74, 6) is -7.11. The minimum Gasteiger partial charge on any atom is -0.396 e. The van der Waals surface area contributed by atoms with Gasteiger partial charge in [0.25, 0.3) is 0 Å². The van der Waals surface area contributed by atoms with Gasteiger partial charge in [-0.3, -0.25) is 33.6 Å². The number of hydrogen-bond donors (Lipinski definition) is 15. The number of aliphatic hydroxyl groups excluding tert-OH is 3. The molecule has 82 heavy (non-hydrogen) atoms. The Bertz CT molecular complexity index is 2890. The molecule has 1 aromatic heterocycles. The summed E-state index contributed by atoms with van der Waals surface area (Å²) in [6.45, 7) is 2.43. The van der Waals surface area contributed by atoms with E-state index in [-0.39, 0.29) is 56.7 Å². The number of carbonyl (C=O) groups is 8. The predicted octanol–water partition coefficient (Wildman–Crippen LogP) is 0.348. The van der Waals surface area contributed by atoms with Crippen LogP contribution in [0.2, 0.25) is 0 Å². The summed E-state index contributed by atoms with van der Waals surface area (Å²) in [7, 11) is 0. The highest BCUT2D eigenvalue weighted by Crippen LogP contribution is 2.20. The molecule has 5 rings (SSSR count). The standard InChI is InChI=1S/C59H78N10O11S2/c1-36(72)42(32-70)31-62-50(34-81)53(74)54(75)52(37(2)73)67-57(78)47(27-39-18-8-4-9-19-39)65-55(76)46(24-14-15-25-60)64-56(77)48(29-41-30-61-45-23-13-12-22-44(41)45)66-58(79)49(28-40-20-10-5-11-21-40)68-69-51(35-82)59(80)63-43(33-71)26-38-16-6-3-7-17-38/h3-13,16-23,30,33,36-37,42-43,46-52,61-62,68-70,72-73,81-82H,14-15,24-29,31-32,34-35,60H2,1-2H3,(H,63,80)(H,64,77)(H,65,76)(H,66,79)(H,67,78)/t36?,37-,42?,43+,46?,47+,48+,49?,50+,51?,52+/m1/s1/i33D. The van der Waals surface area contributed by atoms with Crippen molar-refractivity contribution in [2.24, 2.45) is 11.7 Å². The predicted molar refractivity (Wildman–Crippen MR) is 318 cm³/mol. The van der Waals surface area contributed by atoms with Gasteiger partial charge in [-0.25, -0.2) is 10.9 Å². The van der Waals surface area contributed by atoms with E-state index < -0.39 is 120 Å². The van der Waals surface area contributed by atoms with Crippen LogP contribution in [-0.2, 0) is 64.0 Å². The topological polar surface area (TPSA) is 335 Å². The van der Waals surface area contributed by atoms with Gasteiger partial charge in [0.05, 0.1) is 24.3 Å². The number of benzene rings is 4. The van der Waals surface area contributed by atoms with E-state index in [9.17, 15) is 53.7 Å². The molecule has 21 nitrogen and oxygen atoms in total. The van der Waals surface area contributed by atoms with Crippen LogP contribution in [0.1, 0.15) is 56.7 Å². The second kappa shape index (κ2) is 34.6. The third-order valence-corrected chi connectivity index (χ3v) is 14.6. The fourth-order valence-corrected chi connectivity index (χ4v) is 9.52. The Hall–Kier alpha value is -6.80. The highest BCUT2D eigenvalue weighted by atomic mass is 32.1. The Kier molecular flexibility index (Phi) is 27.2. The summed E-state index contributed by atoms with van der Waals surface area (Å²) in [6.07, 6.45) is -1.20. The minimum atomic E-state index is -1.79. The van der Waals surface area contributed by atoms with Crippen molar-refractivity contribution in [3.05, 3.63) is 144 Å². The lowest BCUT2D eigenvalue weighted by Gasteiger charge is -2.28. The minimum absolute atomic E-state index is 0.0170. The van der Waals surface area contributed by atoms with Crippen LogP contribution in [0.3, 0.4) is 0 Å². The molecule has 23 heteroatoms. The third-order valence-electron chi connectivity index (χ3n) is 13.8. The zero-order valence-electron chi connectivity index (χ0n) is 47.0. The average Bonchev–Trinajstić information content (AvgIpc) is 4.13. The number of aldehydes is 1. The lowest BCUT2D eigenvalue weighted by molar-refractivity contribution is -0.142. The Balaban J connectivity index is 1.42. The van der Waals surface area contributed by atoms with Crippen molar-refractivity contribution in [3.8, 4) is 0 Å². The molecule has 11 atom stereocenters. The maximum absolute atomic E-state index is 14.9. The fraction of sp³-hybridized carbons (Fsp3) is 0.424. The monoisotopic (exact) mass is 1170 g/mol. The maximum Gasteiger partial charge on any atom is 0.243 e.